The van der Waals surface area contributed by atoms with Crippen molar-refractivity contribution < 1.29 is 4.79 Å². The van der Waals surface area contributed by atoms with Crippen molar-refractivity contribution in [2.24, 2.45) is 5.92 Å². The maximum absolute atomic E-state index is 11.8. The fourth-order valence-electron chi connectivity index (χ4n) is 2.49. The van der Waals surface area contributed by atoms with E-state index in [1.807, 2.05) is 4.90 Å². The van der Waals surface area contributed by atoms with Gasteiger partial charge in [0, 0.05) is 24.8 Å². The van der Waals surface area contributed by atoms with E-state index in [1.165, 1.54) is 16.7 Å². The molecule has 0 saturated carbocycles. The fraction of sp³-hybridized carbons (Fsp3) is 0.500. The van der Waals surface area contributed by atoms with Crippen LogP contribution in [-0.2, 0) is 11.3 Å². The predicted octanol–water partition coefficient (Wildman–Crippen LogP) is 3.05. The number of aryl methyl sites for hydroxylation is 2. The SMILES string of the molecule is Cc1cc(C)cc(CN2CC(CBr)CC2=O)c1. The van der Waals surface area contributed by atoms with Crippen LogP contribution in [0.5, 0.6) is 0 Å². The molecule has 0 radical (unpaired) electrons. The molecule has 1 atom stereocenters. The Morgan fingerprint density at radius 3 is 2.47 bits per heavy atom. The van der Waals surface area contributed by atoms with E-state index in [-0.39, 0.29) is 5.91 Å². The highest BCUT2D eigenvalue weighted by Crippen LogP contribution is 2.22. The number of carbonyl (C=O) groups excluding carboxylic acids is 1. The van der Waals surface area contributed by atoms with Gasteiger partial charge >= 0.3 is 0 Å². The zero-order valence-electron chi connectivity index (χ0n) is 10.4. The van der Waals surface area contributed by atoms with Crippen LogP contribution in [-0.4, -0.2) is 22.7 Å². The average Bonchev–Trinajstić information content (AvgIpc) is 2.58. The van der Waals surface area contributed by atoms with Crippen LogP contribution >= 0.6 is 15.9 Å². The normalized spacial score (nSPS) is 20.1. The summed E-state index contributed by atoms with van der Waals surface area (Å²) in [4.78, 5) is 13.8. The van der Waals surface area contributed by atoms with Crippen LogP contribution < -0.4 is 0 Å². The first-order valence-electron chi connectivity index (χ1n) is 5.99. The summed E-state index contributed by atoms with van der Waals surface area (Å²) < 4.78 is 0. The van der Waals surface area contributed by atoms with Gasteiger partial charge in [0.05, 0.1) is 0 Å². The lowest BCUT2D eigenvalue weighted by molar-refractivity contribution is -0.128. The monoisotopic (exact) mass is 295 g/mol. The molecule has 2 rings (SSSR count). The Labute approximate surface area is 111 Å². The summed E-state index contributed by atoms with van der Waals surface area (Å²) in [7, 11) is 0. The molecule has 1 aromatic rings. The number of hydrogen-bond acceptors (Lipinski definition) is 1. The minimum Gasteiger partial charge on any atom is -0.338 e. The van der Waals surface area contributed by atoms with E-state index < -0.39 is 0 Å². The van der Waals surface area contributed by atoms with Gasteiger partial charge in [-0.2, -0.15) is 0 Å². The molecule has 1 unspecified atom stereocenters. The minimum atomic E-state index is 0.286. The molecule has 1 aliphatic rings. The van der Waals surface area contributed by atoms with E-state index in [0.29, 0.717) is 12.3 Å². The van der Waals surface area contributed by atoms with Gasteiger partial charge in [0.1, 0.15) is 0 Å². The molecular formula is C14H18BrNO. The molecule has 1 heterocycles. The van der Waals surface area contributed by atoms with E-state index >= 15 is 0 Å². The zero-order chi connectivity index (χ0) is 12.4. The van der Waals surface area contributed by atoms with Crippen LogP contribution in [0, 0.1) is 19.8 Å². The van der Waals surface area contributed by atoms with Gasteiger partial charge < -0.3 is 4.90 Å². The molecule has 0 bridgehead atoms. The number of nitrogens with zero attached hydrogens (tertiary/aromatic N) is 1. The number of halogens is 1. The van der Waals surface area contributed by atoms with Crippen LogP contribution in [0.3, 0.4) is 0 Å². The van der Waals surface area contributed by atoms with Crippen molar-refractivity contribution in [3.8, 4) is 0 Å². The number of rotatable bonds is 3. The van der Waals surface area contributed by atoms with Gasteiger partial charge in [-0.05, 0) is 25.3 Å². The lowest BCUT2D eigenvalue weighted by atomic mass is 10.1. The third-order valence-corrected chi connectivity index (χ3v) is 4.08. The second-order valence-electron chi connectivity index (χ2n) is 4.99. The summed E-state index contributed by atoms with van der Waals surface area (Å²) >= 11 is 3.46. The molecule has 3 heteroatoms. The third-order valence-electron chi connectivity index (χ3n) is 3.17. The van der Waals surface area contributed by atoms with Crippen molar-refractivity contribution in [2.45, 2.75) is 26.8 Å². The van der Waals surface area contributed by atoms with Crippen LogP contribution in [0.25, 0.3) is 0 Å². The highest BCUT2D eigenvalue weighted by atomic mass is 79.9. The minimum absolute atomic E-state index is 0.286. The Morgan fingerprint density at radius 1 is 1.29 bits per heavy atom. The number of likely N-dealkylation sites (tertiary alicyclic amines) is 1. The maximum atomic E-state index is 11.8. The Morgan fingerprint density at radius 2 is 1.94 bits per heavy atom. The van der Waals surface area contributed by atoms with Gasteiger partial charge in [-0.25, -0.2) is 0 Å². The van der Waals surface area contributed by atoms with Crippen LogP contribution in [0.4, 0.5) is 0 Å². The first-order chi connectivity index (χ1) is 8.08. The standard InChI is InChI=1S/C14H18BrNO/c1-10-3-11(2)5-12(4-10)8-16-9-13(7-15)6-14(16)17/h3-5,13H,6-9H2,1-2H3. The van der Waals surface area contributed by atoms with Gasteiger partial charge in [0.2, 0.25) is 5.91 Å². The van der Waals surface area contributed by atoms with Crippen LogP contribution in [0.2, 0.25) is 0 Å². The van der Waals surface area contributed by atoms with Crippen molar-refractivity contribution >= 4 is 21.8 Å². The summed E-state index contributed by atoms with van der Waals surface area (Å²) in [5, 5.41) is 0.919. The number of benzene rings is 1. The van der Waals surface area contributed by atoms with Gasteiger partial charge in [-0.3, -0.25) is 4.79 Å². The van der Waals surface area contributed by atoms with Crippen LogP contribution in [0.1, 0.15) is 23.1 Å². The van der Waals surface area contributed by atoms with E-state index in [1.54, 1.807) is 0 Å². The maximum Gasteiger partial charge on any atom is 0.223 e. The molecule has 1 fully saturated rings. The summed E-state index contributed by atoms with van der Waals surface area (Å²) in [6, 6.07) is 6.50. The van der Waals surface area contributed by atoms with Crippen molar-refractivity contribution in [2.75, 3.05) is 11.9 Å². The molecule has 0 spiro atoms. The number of alkyl halides is 1. The van der Waals surface area contributed by atoms with Crippen LogP contribution in [0.15, 0.2) is 18.2 Å². The van der Waals surface area contributed by atoms with Gasteiger partial charge in [0.15, 0.2) is 0 Å². The second-order valence-corrected chi connectivity index (χ2v) is 5.64. The lowest BCUT2D eigenvalue weighted by Crippen LogP contribution is -2.24. The summed E-state index contributed by atoms with van der Waals surface area (Å²) in [5.74, 6) is 0.766. The van der Waals surface area contributed by atoms with Crippen molar-refractivity contribution in [3.05, 3.63) is 34.9 Å². The van der Waals surface area contributed by atoms with E-state index in [9.17, 15) is 4.79 Å². The fourth-order valence-corrected chi connectivity index (χ4v) is 2.92. The lowest BCUT2D eigenvalue weighted by Gasteiger charge is -2.17. The first-order valence-corrected chi connectivity index (χ1v) is 7.11. The first kappa shape index (κ1) is 12.6. The molecular weight excluding hydrogens is 278 g/mol. The Balaban J connectivity index is 2.08. The molecule has 1 amide bonds. The summed E-state index contributed by atoms with van der Waals surface area (Å²) in [6.07, 6.45) is 0.691. The summed E-state index contributed by atoms with van der Waals surface area (Å²) in [5.41, 5.74) is 3.78. The molecule has 2 nitrogen and oxygen atoms in total. The second kappa shape index (κ2) is 5.21. The number of hydrogen-bond donors (Lipinski definition) is 0. The number of amides is 1. The molecule has 17 heavy (non-hydrogen) atoms. The highest BCUT2D eigenvalue weighted by Gasteiger charge is 2.28. The summed E-state index contributed by atoms with van der Waals surface area (Å²) in [6.45, 7) is 5.84. The molecule has 0 aliphatic carbocycles. The van der Waals surface area contributed by atoms with Gasteiger partial charge in [-0.1, -0.05) is 45.3 Å². The Bertz CT molecular complexity index is 410. The molecule has 92 valence electrons. The van der Waals surface area contributed by atoms with Crippen molar-refractivity contribution in [1.82, 2.24) is 4.90 Å². The molecule has 1 saturated heterocycles. The molecule has 0 N–H and O–H groups in total. The van der Waals surface area contributed by atoms with E-state index in [4.69, 9.17) is 0 Å². The Hall–Kier alpha value is -0.830. The van der Waals surface area contributed by atoms with Gasteiger partial charge in [-0.15, -0.1) is 0 Å². The largest absolute Gasteiger partial charge is 0.338 e. The predicted molar refractivity (Wildman–Crippen MR) is 73.2 cm³/mol. The molecule has 1 aromatic carbocycles. The quantitative estimate of drug-likeness (QED) is 0.785. The topological polar surface area (TPSA) is 20.3 Å². The highest BCUT2D eigenvalue weighted by molar-refractivity contribution is 9.09. The van der Waals surface area contributed by atoms with Gasteiger partial charge in [0.25, 0.3) is 0 Å². The third kappa shape index (κ3) is 3.09. The smallest absolute Gasteiger partial charge is 0.223 e. The molecule has 1 aliphatic heterocycles. The number of carbonyl (C=O) groups is 1. The van der Waals surface area contributed by atoms with Crippen molar-refractivity contribution in [1.29, 1.82) is 0 Å². The van der Waals surface area contributed by atoms with E-state index in [2.05, 4.69) is 48.0 Å². The zero-order valence-corrected chi connectivity index (χ0v) is 12.0. The Kier molecular flexibility index (Phi) is 3.87. The molecule has 0 aromatic heterocycles. The van der Waals surface area contributed by atoms with Crippen molar-refractivity contribution in [3.63, 3.8) is 0 Å². The van der Waals surface area contributed by atoms with E-state index in [0.717, 1.165) is 18.4 Å². The average molecular weight is 296 g/mol.